The Morgan fingerprint density at radius 2 is 0.980 bits per heavy atom. The second kappa shape index (κ2) is 11.9. The Kier molecular flexibility index (Phi) is 4.51. The van der Waals surface area contributed by atoms with Crippen LogP contribution in [0.25, 0.3) is 99.9 Å². The van der Waals surface area contributed by atoms with Crippen molar-refractivity contribution in [3.63, 3.8) is 0 Å². The summed E-state index contributed by atoms with van der Waals surface area (Å²) >= 11 is 0. The van der Waals surface area contributed by atoms with Crippen molar-refractivity contribution in [3.05, 3.63) is 176 Å². The van der Waals surface area contributed by atoms with Crippen LogP contribution in [0.2, 0.25) is 0 Å². The molecule has 0 N–H and O–H groups in total. The molecular weight excluding hydrogens is 623 g/mol. The van der Waals surface area contributed by atoms with Crippen LogP contribution in [0.3, 0.4) is 0 Å². The Morgan fingerprint density at radius 1 is 0.392 bits per heavy atom. The van der Waals surface area contributed by atoms with E-state index in [9.17, 15) is 9.60 Å². The number of para-hydroxylation sites is 1. The van der Waals surface area contributed by atoms with Crippen LogP contribution in [0.4, 0.5) is 0 Å². The zero-order valence-corrected chi connectivity index (χ0v) is 26.6. The van der Waals surface area contributed by atoms with E-state index in [-0.39, 0.29) is 73.8 Å². The Hall–Kier alpha value is -6.91. The van der Waals surface area contributed by atoms with Gasteiger partial charge in [0.2, 0.25) is 0 Å². The summed E-state index contributed by atoms with van der Waals surface area (Å²) in [5.74, 6) is -0.500. The van der Waals surface area contributed by atoms with E-state index in [4.69, 9.17) is 16.3 Å². The van der Waals surface area contributed by atoms with E-state index in [1.165, 1.54) is 6.07 Å². The quantitative estimate of drug-likeness (QED) is 0.184. The third kappa shape index (κ3) is 5.22. The van der Waals surface area contributed by atoms with Crippen molar-refractivity contribution in [3.8, 4) is 56.4 Å². The standard InChI is InChI=1S/C47H29N3O/c1-2-9-30(10-3-1)32-17-20-33(21-18-32)45-48-46(38-25-19-31-11-4-5-12-34(31)28-38)50-47(49-45)39-26-23-35-27-37(24-22-36(35)29-39)40-14-8-16-43-44(40)41-13-6-7-15-42(41)51-43/h1-29H/i4D,5D,11D,12D,19D,22D,23D,24D,26D,27D,28D,29D. The van der Waals surface area contributed by atoms with Gasteiger partial charge in [-0.1, -0.05) is 145 Å². The highest BCUT2D eigenvalue weighted by atomic mass is 16.3. The number of benzene rings is 8. The van der Waals surface area contributed by atoms with Gasteiger partial charge in [0, 0.05) is 27.5 Å². The van der Waals surface area contributed by atoms with Crippen molar-refractivity contribution in [1.82, 2.24) is 15.0 Å². The fourth-order valence-corrected chi connectivity index (χ4v) is 6.23. The fraction of sp³-hybridized carbons (Fsp3) is 0. The average molecular weight is 664 g/mol. The largest absolute Gasteiger partial charge is 0.456 e. The molecule has 4 nitrogen and oxygen atoms in total. The van der Waals surface area contributed by atoms with Crippen molar-refractivity contribution in [1.29, 1.82) is 0 Å². The lowest BCUT2D eigenvalue weighted by molar-refractivity contribution is 0.669. The van der Waals surface area contributed by atoms with Gasteiger partial charge >= 0.3 is 0 Å². The number of hydrogen-bond acceptors (Lipinski definition) is 4. The van der Waals surface area contributed by atoms with E-state index in [0.29, 0.717) is 27.7 Å². The molecule has 10 aromatic rings. The third-order valence-electron chi connectivity index (χ3n) is 8.71. The molecule has 0 fully saturated rings. The molecule has 4 heteroatoms. The first-order valence-corrected chi connectivity index (χ1v) is 16.1. The van der Waals surface area contributed by atoms with Crippen LogP contribution in [0.5, 0.6) is 0 Å². The molecule has 2 aromatic heterocycles. The second-order valence-corrected chi connectivity index (χ2v) is 11.9. The maximum absolute atomic E-state index is 9.53. The summed E-state index contributed by atoms with van der Waals surface area (Å²) in [4.78, 5) is 14.0. The number of rotatable bonds is 5. The minimum absolute atomic E-state index is 0.0188. The van der Waals surface area contributed by atoms with Crippen LogP contribution in [-0.2, 0) is 0 Å². The lowest BCUT2D eigenvalue weighted by atomic mass is 9.96. The lowest BCUT2D eigenvalue weighted by Gasteiger charge is -2.11. The topological polar surface area (TPSA) is 51.8 Å². The van der Waals surface area contributed by atoms with Gasteiger partial charge in [-0.3, -0.25) is 0 Å². The van der Waals surface area contributed by atoms with Crippen molar-refractivity contribution < 1.29 is 20.9 Å². The normalized spacial score (nSPS) is 14.8. The van der Waals surface area contributed by atoms with Gasteiger partial charge in [0.15, 0.2) is 17.5 Å². The molecule has 10 rings (SSSR count). The molecule has 0 radical (unpaired) electrons. The van der Waals surface area contributed by atoms with Crippen LogP contribution in [-0.4, -0.2) is 15.0 Å². The molecule has 0 aliphatic heterocycles. The summed E-state index contributed by atoms with van der Waals surface area (Å²) in [6.07, 6.45) is 0. The first kappa shape index (κ1) is 19.3. The Balaban J connectivity index is 1.23. The fourth-order valence-electron chi connectivity index (χ4n) is 6.23. The summed E-state index contributed by atoms with van der Waals surface area (Å²) in [6, 6.07) is 25.0. The molecule has 0 amide bonds. The van der Waals surface area contributed by atoms with Crippen molar-refractivity contribution in [2.45, 2.75) is 0 Å². The Bertz CT molecular complexity index is 3600. The number of hydrogen-bond donors (Lipinski definition) is 0. The number of furan rings is 1. The van der Waals surface area contributed by atoms with Crippen molar-refractivity contribution in [2.75, 3.05) is 0 Å². The Morgan fingerprint density at radius 3 is 1.80 bits per heavy atom. The third-order valence-corrected chi connectivity index (χ3v) is 8.71. The van der Waals surface area contributed by atoms with E-state index < -0.39 is 54.4 Å². The van der Waals surface area contributed by atoms with E-state index in [1.807, 2.05) is 60.7 Å². The first-order chi connectivity index (χ1) is 30.3. The van der Waals surface area contributed by atoms with Gasteiger partial charge in [-0.05, 0) is 74.1 Å². The van der Waals surface area contributed by atoms with Gasteiger partial charge in [-0.2, -0.15) is 0 Å². The van der Waals surface area contributed by atoms with Crippen LogP contribution >= 0.6 is 0 Å². The van der Waals surface area contributed by atoms with Gasteiger partial charge < -0.3 is 4.42 Å². The van der Waals surface area contributed by atoms with Gasteiger partial charge in [-0.25, -0.2) is 15.0 Å². The van der Waals surface area contributed by atoms with E-state index in [2.05, 4.69) is 9.97 Å². The summed E-state index contributed by atoms with van der Waals surface area (Å²) in [5.41, 5.74) is 3.45. The molecule has 0 atom stereocenters. The van der Waals surface area contributed by atoms with Crippen LogP contribution in [0.15, 0.2) is 180 Å². The van der Waals surface area contributed by atoms with Gasteiger partial charge in [-0.15, -0.1) is 0 Å². The molecule has 8 aromatic carbocycles. The minimum atomic E-state index is -0.586. The van der Waals surface area contributed by atoms with Crippen LogP contribution in [0.1, 0.15) is 16.4 Å². The molecule has 0 spiro atoms. The van der Waals surface area contributed by atoms with Crippen LogP contribution < -0.4 is 0 Å². The molecule has 0 saturated heterocycles. The monoisotopic (exact) mass is 663 g/mol. The molecule has 0 aliphatic carbocycles. The van der Waals surface area contributed by atoms with E-state index in [1.54, 1.807) is 36.4 Å². The molecule has 0 bridgehead atoms. The summed E-state index contributed by atoms with van der Waals surface area (Å²) in [6.45, 7) is 0. The minimum Gasteiger partial charge on any atom is -0.456 e. The molecule has 238 valence electrons. The SMILES string of the molecule is [2H]c1c([2H])c([2H])c2c([2H])c(-c3nc(-c4ccc(-c5ccccc5)cc4)nc(-c4c([2H])c([2H])c5c([2H])c(-c6cccc7oc8ccccc8c67)c([2H])c([2H])c5c4[2H])n3)cc([2H])c2c1[2H]. The Labute approximate surface area is 311 Å². The van der Waals surface area contributed by atoms with Gasteiger partial charge in [0.05, 0.1) is 16.4 Å². The average Bonchev–Trinajstić information content (AvgIpc) is 3.68. The van der Waals surface area contributed by atoms with Gasteiger partial charge in [0.25, 0.3) is 0 Å². The summed E-state index contributed by atoms with van der Waals surface area (Å²) in [5, 5.41) is 0.546. The predicted molar refractivity (Wildman–Crippen MR) is 209 cm³/mol. The zero-order chi connectivity index (χ0) is 44.2. The van der Waals surface area contributed by atoms with E-state index in [0.717, 1.165) is 16.5 Å². The molecule has 0 saturated carbocycles. The summed E-state index contributed by atoms with van der Waals surface area (Å²) < 4.78 is 114. The highest BCUT2D eigenvalue weighted by Crippen LogP contribution is 2.38. The van der Waals surface area contributed by atoms with Gasteiger partial charge in [0.1, 0.15) is 11.2 Å². The lowest BCUT2D eigenvalue weighted by Crippen LogP contribution is -2.00. The number of aromatic nitrogens is 3. The van der Waals surface area contributed by atoms with Crippen molar-refractivity contribution in [2.24, 2.45) is 0 Å². The smallest absolute Gasteiger partial charge is 0.164 e. The van der Waals surface area contributed by atoms with E-state index >= 15 is 0 Å². The molecule has 0 aliphatic rings. The highest BCUT2D eigenvalue weighted by molar-refractivity contribution is 6.13. The number of fused-ring (bicyclic) bond motifs is 5. The molecule has 2 heterocycles. The maximum atomic E-state index is 9.53. The second-order valence-electron chi connectivity index (χ2n) is 11.9. The molecule has 51 heavy (non-hydrogen) atoms. The van der Waals surface area contributed by atoms with Crippen LogP contribution in [0, 0.1) is 0 Å². The molecular formula is C47H29N3O. The zero-order valence-electron chi connectivity index (χ0n) is 38.6. The summed E-state index contributed by atoms with van der Waals surface area (Å²) in [7, 11) is 0. The predicted octanol–water partition coefficient (Wildman–Crippen LogP) is 12.4. The van der Waals surface area contributed by atoms with Crippen molar-refractivity contribution >= 4 is 43.5 Å². The molecule has 0 unspecified atom stereocenters. The highest BCUT2D eigenvalue weighted by Gasteiger charge is 2.15. The number of nitrogens with zero attached hydrogens (tertiary/aromatic N) is 3. The maximum Gasteiger partial charge on any atom is 0.164 e. The first-order valence-electron chi connectivity index (χ1n) is 22.1.